The van der Waals surface area contributed by atoms with E-state index in [1.54, 1.807) is 6.33 Å². The Bertz CT molecular complexity index is 461. The lowest BCUT2D eigenvalue weighted by Gasteiger charge is -2.22. The maximum absolute atomic E-state index is 4.27. The van der Waals surface area contributed by atoms with E-state index < -0.39 is 0 Å². The molecule has 2 atom stereocenters. The molecule has 0 aliphatic heterocycles. The maximum Gasteiger partial charge on any atom is 0.140 e. The van der Waals surface area contributed by atoms with Crippen molar-refractivity contribution in [3.63, 3.8) is 0 Å². The fraction of sp³-hybridized carbons (Fsp3) is 0.429. The van der Waals surface area contributed by atoms with E-state index in [9.17, 15) is 0 Å². The van der Waals surface area contributed by atoms with Crippen molar-refractivity contribution >= 4 is 0 Å². The van der Waals surface area contributed by atoms with E-state index >= 15 is 0 Å². The third-order valence-corrected chi connectivity index (χ3v) is 3.40. The van der Waals surface area contributed by atoms with Crippen LogP contribution in [0, 0.1) is 5.92 Å². The molecule has 0 N–H and O–H groups in total. The molecule has 3 heteroatoms. The molecule has 0 saturated heterocycles. The molecule has 1 aromatic carbocycles. The van der Waals surface area contributed by atoms with Crippen LogP contribution in [0.25, 0.3) is 0 Å². The quantitative estimate of drug-likeness (QED) is 0.807. The summed E-state index contributed by atoms with van der Waals surface area (Å²) in [5, 5.41) is 8.27. The second kappa shape index (κ2) is 5.13. The highest BCUT2D eigenvalue weighted by atomic mass is 15.2. The number of rotatable bonds is 4. The van der Waals surface area contributed by atoms with Crippen LogP contribution in [0.4, 0.5) is 0 Å². The van der Waals surface area contributed by atoms with E-state index in [1.165, 1.54) is 5.56 Å². The molecule has 2 rings (SSSR count). The smallest absolute Gasteiger partial charge is 0.140 e. The van der Waals surface area contributed by atoms with Gasteiger partial charge in [0.05, 0.1) is 0 Å². The van der Waals surface area contributed by atoms with Gasteiger partial charge in [-0.2, -0.15) is 0 Å². The van der Waals surface area contributed by atoms with E-state index in [-0.39, 0.29) is 0 Å². The summed E-state index contributed by atoms with van der Waals surface area (Å²) in [4.78, 5) is 0. The molecule has 17 heavy (non-hydrogen) atoms. The van der Waals surface area contributed by atoms with Gasteiger partial charge in [-0.05, 0) is 11.5 Å². The van der Waals surface area contributed by atoms with Gasteiger partial charge in [0.1, 0.15) is 12.2 Å². The summed E-state index contributed by atoms with van der Waals surface area (Å²) in [5.74, 6) is 1.93. The number of aryl methyl sites for hydroxylation is 1. The van der Waals surface area contributed by atoms with Gasteiger partial charge in [-0.15, -0.1) is 10.2 Å². The number of aromatic nitrogens is 3. The van der Waals surface area contributed by atoms with Crippen molar-refractivity contribution < 1.29 is 0 Å². The summed E-state index contributed by atoms with van der Waals surface area (Å²) < 4.78 is 2.02. The van der Waals surface area contributed by atoms with Crippen molar-refractivity contribution in [1.82, 2.24) is 14.8 Å². The highest BCUT2D eigenvalue weighted by Gasteiger charge is 2.23. The molecule has 0 radical (unpaired) electrons. The third kappa shape index (κ3) is 2.38. The maximum atomic E-state index is 4.27. The molecule has 2 unspecified atom stereocenters. The van der Waals surface area contributed by atoms with Crippen LogP contribution < -0.4 is 0 Å². The van der Waals surface area contributed by atoms with Crippen molar-refractivity contribution in [3.05, 3.63) is 48.0 Å². The Morgan fingerprint density at radius 3 is 2.47 bits per heavy atom. The Morgan fingerprint density at radius 1 is 1.24 bits per heavy atom. The Balaban J connectivity index is 2.43. The Hall–Kier alpha value is -1.64. The van der Waals surface area contributed by atoms with Crippen LogP contribution in [0.1, 0.15) is 37.6 Å². The average Bonchev–Trinajstić information content (AvgIpc) is 2.77. The molecule has 0 bridgehead atoms. The van der Waals surface area contributed by atoms with Gasteiger partial charge in [0.25, 0.3) is 0 Å². The van der Waals surface area contributed by atoms with Gasteiger partial charge in [0.2, 0.25) is 0 Å². The second-order valence-electron chi connectivity index (χ2n) is 4.57. The fourth-order valence-electron chi connectivity index (χ4n) is 2.20. The average molecular weight is 229 g/mol. The normalized spacial score (nSPS) is 14.5. The summed E-state index contributed by atoms with van der Waals surface area (Å²) in [6.07, 6.45) is 2.90. The van der Waals surface area contributed by atoms with Crippen LogP contribution in [-0.2, 0) is 7.05 Å². The van der Waals surface area contributed by atoms with Crippen LogP contribution in [0.2, 0.25) is 0 Å². The Kier molecular flexibility index (Phi) is 3.57. The predicted octanol–water partition coefficient (Wildman–Crippen LogP) is 2.99. The van der Waals surface area contributed by atoms with Gasteiger partial charge in [-0.25, -0.2) is 0 Å². The number of benzene rings is 1. The lowest BCUT2D eigenvalue weighted by Crippen LogP contribution is -2.15. The minimum atomic E-state index is 0.327. The fourth-order valence-corrected chi connectivity index (χ4v) is 2.20. The van der Waals surface area contributed by atoms with Crippen molar-refractivity contribution in [3.8, 4) is 0 Å². The first-order chi connectivity index (χ1) is 8.24. The van der Waals surface area contributed by atoms with E-state index in [4.69, 9.17) is 0 Å². The summed E-state index contributed by atoms with van der Waals surface area (Å²) in [6, 6.07) is 10.6. The number of nitrogens with zero attached hydrogens (tertiary/aromatic N) is 3. The highest BCUT2D eigenvalue weighted by molar-refractivity contribution is 5.26. The molecule has 1 heterocycles. The number of hydrogen-bond donors (Lipinski definition) is 0. The lowest BCUT2D eigenvalue weighted by atomic mass is 9.85. The van der Waals surface area contributed by atoms with Crippen LogP contribution in [-0.4, -0.2) is 14.8 Å². The molecular weight excluding hydrogens is 210 g/mol. The largest absolute Gasteiger partial charge is 0.320 e. The van der Waals surface area contributed by atoms with E-state index in [1.807, 2.05) is 17.7 Å². The predicted molar refractivity (Wildman–Crippen MR) is 68.7 cm³/mol. The van der Waals surface area contributed by atoms with Crippen molar-refractivity contribution in [2.75, 3.05) is 0 Å². The van der Waals surface area contributed by atoms with Crippen LogP contribution >= 0.6 is 0 Å². The molecule has 0 fully saturated rings. The molecule has 2 aromatic rings. The third-order valence-electron chi connectivity index (χ3n) is 3.40. The van der Waals surface area contributed by atoms with Crippen molar-refractivity contribution in [2.45, 2.75) is 26.2 Å². The van der Waals surface area contributed by atoms with Gasteiger partial charge in [0.15, 0.2) is 0 Å². The van der Waals surface area contributed by atoms with Gasteiger partial charge in [-0.1, -0.05) is 50.6 Å². The zero-order valence-electron chi connectivity index (χ0n) is 10.7. The monoisotopic (exact) mass is 229 g/mol. The van der Waals surface area contributed by atoms with Gasteiger partial charge >= 0.3 is 0 Å². The Morgan fingerprint density at radius 2 is 1.94 bits per heavy atom. The summed E-state index contributed by atoms with van der Waals surface area (Å²) in [6.45, 7) is 4.49. The van der Waals surface area contributed by atoms with E-state index in [2.05, 4.69) is 48.3 Å². The van der Waals surface area contributed by atoms with E-state index in [0.717, 1.165) is 12.2 Å². The first-order valence-corrected chi connectivity index (χ1v) is 6.12. The van der Waals surface area contributed by atoms with Crippen LogP contribution in [0.5, 0.6) is 0 Å². The second-order valence-corrected chi connectivity index (χ2v) is 4.57. The molecule has 90 valence electrons. The minimum Gasteiger partial charge on any atom is -0.320 e. The van der Waals surface area contributed by atoms with Gasteiger partial charge < -0.3 is 4.57 Å². The van der Waals surface area contributed by atoms with Gasteiger partial charge in [0, 0.05) is 13.0 Å². The molecule has 0 aliphatic rings. The van der Waals surface area contributed by atoms with Crippen molar-refractivity contribution in [2.24, 2.45) is 13.0 Å². The molecule has 0 saturated carbocycles. The van der Waals surface area contributed by atoms with Gasteiger partial charge in [-0.3, -0.25) is 0 Å². The lowest BCUT2D eigenvalue weighted by molar-refractivity contribution is 0.468. The van der Waals surface area contributed by atoms with Crippen LogP contribution in [0.3, 0.4) is 0 Å². The minimum absolute atomic E-state index is 0.327. The van der Waals surface area contributed by atoms with E-state index in [0.29, 0.717) is 11.8 Å². The molecule has 0 amide bonds. The van der Waals surface area contributed by atoms with Crippen molar-refractivity contribution in [1.29, 1.82) is 0 Å². The first kappa shape index (κ1) is 11.8. The summed E-state index contributed by atoms with van der Waals surface area (Å²) in [5.41, 5.74) is 1.32. The molecule has 0 spiro atoms. The standard InChI is InChI=1S/C14H19N3/c1-4-11(2)13(12-8-6-5-7-9-12)14-16-15-10-17(14)3/h5-11,13H,4H2,1-3H3. The molecule has 1 aromatic heterocycles. The highest BCUT2D eigenvalue weighted by Crippen LogP contribution is 2.31. The van der Waals surface area contributed by atoms with Crippen LogP contribution in [0.15, 0.2) is 36.7 Å². The molecule has 3 nitrogen and oxygen atoms in total. The summed E-state index contributed by atoms with van der Waals surface area (Å²) >= 11 is 0. The summed E-state index contributed by atoms with van der Waals surface area (Å²) in [7, 11) is 2.01. The topological polar surface area (TPSA) is 30.7 Å². The SMILES string of the molecule is CCC(C)C(c1ccccc1)c1nncn1C. The Labute approximate surface area is 103 Å². The first-order valence-electron chi connectivity index (χ1n) is 6.12. The zero-order chi connectivity index (χ0) is 12.3. The molecule has 0 aliphatic carbocycles. The number of hydrogen-bond acceptors (Lipinski definition) is 2. The molecular formula is C14H19N3. The zero-order valence-corrected chi connectivity index (χ0v) is 10.7.